The van der Waals surface area contributed by atoms with Gasteiger partial charge in [0.1, 0.15) is 5.54 Å². The first-order valence-electron chi connectivity index (χ1n) is 14.5. The van der Waals surface area contributed by atoms with E-state index in [1.165, 1.54) is 18.4 Å². The lowest BCUT2D eigenvalue weighted by atomic mass is 9.70. The lowest BCUT2D eigenvalue weighted by molar-refractivity contribution is -0.143. The Morgan fingerprint density at radius 3 is 2.38 bits per heavy atom. The number of hydrogen-bond donors (Lipinski definition) is 1. The second kappa shape index (κ2) is 10.9. The van der Waals surface area contributed by atoms with Crippen molar-refractivity contribution >= 4 is 40.7 Å². The fourth-order valence-corrected chi connectivity index (χ4v) is 7.70. The second-order valence-electron chi connectivity index (χ2n) is 12.0. The van der Waals surface area contributed by atoms with Gasteiger partial charge in [-0.1, -0.05) is 60.3 Å². The molecule has 39 heavy (non-hydrogen) atoms. The van der Waals surface area contributed by atoms with E-state index in [9.17, 15) is 9.59 Å². The van der Waals surface area contributed by atoms with Crippen molar-refractivity contribution < 1.29 is 9.59 Å². The standard InChI is InChI=1S/C31H38Cl2N4O2/c32-26-12-11-24(19-27(26)33)30(20-36(21-30)28(38)23-7-4-5-8-23)13-6-16-35-17-14-31(15-18-35)29(39)34-22-37(31)25-9-2-1-3-10-25/h1-3,9-12,19,23H,4-8,13-18,20-22H2,(H,34,39). The summed E-state index contributed by atoms with van der Waals surface area (Å²) in [6.07, 6.45) is 8.10. The van der Waals surface area contributed by atoms with Gasteiger partial charge in [-0.15, -0.1) is 0 Å². The number of piperidine rings is 1. The van der Waals surface area contributed by atoms with E-state index < -0.39 is 5.54 Å². The Morgan fingerprint density at radius 1 is 0.974 bits per heavy atom. The van der Waals surface area contributed by atoms with Gasteiger partial charge in [0.25, 0.3) is 0 Å². The van der Waals surface area contributed by atoms with Crippen molar-refractivity contribution in [2.24, 2.45) is 5.92 Å². The quantitative estimate of drug-likeness (QED) is 0.481. The molecule has 2 aromatic carbocycles. The van der Waals surface area contributed by atoms with E-state index >= 15 is 0 Å². The maximum atomic E-state index is 13.1. The summed E-state index contributed by atoms with van der Waals surface area (Å²) in [5.41, 5.74) is 1.77. The van der Waals surface area contributed by atoms with Crippen LogP contribution in [0, 0.1) is 5.92 Å². The lowest BCUT2D eigenvalue weighted by Crippen LogP contribution is -2.62. The summed E-state index contributed by atoms with van der Waals surface area (Å²) in [6.45, 7) is 4.89. The van der Waals surface area contributed by atoms with Gasteiger partial charge < -0.3 is 20.0 Å². The first-order valence-corrected chi connectivity index (χ1v) is 15.2. The first-order chi connectivity index (χ1) is 18.9. The predicted octanol–water partition coefficient (Wildman–Crippen LogP) is 5.47. The van der Waals surface area contributed by atoms with E-state index in [2.05, 4.69) is 38.2 Å². The SMILES string of the molecule is O=C(C1CCCC1)N1CC(CCCN2CCC3(CC2)C(=O)NCN3c2ccccc2)(c2ccc(Cl)c(Cl)c2)C1. The molecule has 3 heterocycles. The molecule has 1 saturated carbocycles. The Bertz CT molecular complexity index is 1200. The van der Waals surface area contributed by atoms with Gasteiger partial charge >= 0.3 is 0 Å². The van der Waals surface area contributed by atoms with Gasteiger partial charge in [0.15, 0.2) is 0 Å². The highest BCUT2D eigenvalue weighted by Crippen LogP contribution is 2.43. The average molecular weight is 570 g/mol. The number of hydrogen-bond acceptors (Lipinski definition) is 4. The number of para-hydroxylation sites is 1. The largest absolute Gasteiger partial charge is 0.341 e. The summed E-state index contributed by atoms with van der Waals surface area (Å²) in [7, 11) is 0. The smallest absolute Gasteiger partial charge is 0.247 e. The molecule has 0 aromatic heterocycles. The monoisotopic (exact) mass is 568 g/mol. The van der Waals surface area contributed by atoms with Crippen molar-refractivity contribution in [3.05, 3.63) is 64.1 Å². The highest BCUT2D eigenvalue weighted by atomic mass is 35.5. The molecule has 2 aromatic rings. The van der Waals surface area contributed by atoms with Crippen LogP contribution in [0.1, 0.15) is 56.9 Å². The minimum atomic E-state index is -0.450. The van der Waals surface area contributed by atoms with E-state index in [4.69, 9.17) is 23.2 Å². The molecule has 4 fully saturated rings. The molecule has 1 aliphatic carbocycles. The fourth-order valence-electron chi connectivity index (χ4n) is 7.40. The maximum Gasteiger partial charge on any atom is 0.247 e. The highest BCUT2D eigenvalue weighted by molar-refractivity contribution is 6.42. The van der Waals surface area contributed by atoms with Crippen LogP contribution in [-0.2, 0) is 15.0 Å². The molecule has 1 spiro atoms. The number of carbonyl (C=O) groups excluding carboxylic acids is 2. The Balaban J connectivity index is 1.08. The number of nitrogens with one attached hydrogen (secondary N) is 1. The third-order valence-corrected chi connectivity index (χ3v) is 10.5. The molecule has 1 N–H and O–H groups in total. The van der Waals surface area contributed by atoms with Crippen LogP contribution >= 0.6 is 23.2 Å². The zero-order valence-corrected chi connectivity index (χ0v) is 24.0. The topological polar surface area (TPSA) is 55.9 Å². The molecule has 0 radical (unpaired) electrons. The van der Waals surface area contributed by atoms with E-state index in [0.717, 1.165) is 76.9 Å². The summed E-state index contributed by atoms with van der Waals surface area (Å²) in [6, 6.07) is 16.3. The Morgan fingerprint density at radius 2 is 1.69 bits per heavy atom. The number of benzene rings is 2. The number of anilines is 1. The zero-order chi connectivity index (χ0) is 27.0. The normalized spacial score (nSPS) is 22.8. The van der Waals surface area contributed by atoms with Crippen LogP contribution in [0.5, 0.6) is 0 Å². The van der Waals surface area contributed by atoms with E-state index in [0.29, 0.717) is 22.6 Å². The summed E-state index contributed by atoms with van der Waals surface area (Å²) in [5, 5.41) is 4.24. The molecule has 208 valence electrons. The number of carbonyl (C=O) groups is 2. The molecule has 0 unspecified atom stereocenters. The van der Waals surface area contributed by atoms with Crippen LogP contribution in [0.4, 0.5) is 5.69 Å². The van der Waals surface area contributed by atoms with Crippen molar-refractivity contribution in [2.45, 2.75) is 62.3 Å². The number of nitrogens with zero attached hydrogens (tertiary/aromatic N) is 3. The molecule has 2 amide bonds. The van der Waals surface area contributed by atoms with Crippen LogP contribution in [-0.4, -0.2) is 66.5 Å². The van der Waals surface area contributed by atoms with Crippen LogP contribution in [0.3, 0.4) is 0 Å². The molecule has 0 bridgehead atoms. The Kier molecular flexibility index (Phi) is 7.55. The summed E-state index contributed by atoms with van der Waals surface area (Å²) in [4.78, 5) is 32.9. The average Bonchev–Trinajstić information content (AvgIpc) is 3.58. The number of rotatable bonds is 7. The molecule has 3 saturated heterocycles. The molecule has 3 aliphatic heterocycles. The van der Waals surface area contributed by atoms with Crippen molar-refractivity contribution in [3.8, 4) is 0 Å². The van der Waals surface area contributed by atoms with Crippen LogP contribution < -0.4 is 10.2 Å². The molecule has 0 atom stereocenters. The van der Waals surface area contributed by atoms with Gasteiger partial charge in [0.05, 0.1) is 16.7 Å². The first kappa shape index (κ1) is 26.9. The molecular weight excluding hydrogens is 531 g/mol. The fraction of sp³-hybridized carbons (Fsp3) is 0.548. The Hall–Kier alpha value is -2.28. The molecule has 4 aliphatic rings. The maximum absolute atomic E-state index is 13.1. The number of halogens is 2. The summed E-state index contributed by atoms with van der Waals surface area (Å²) >= 11 is 12.7. The van der Waals surface area contributed by atoms with Crippen molar-refractivity contribution in [2.75, 3.05) is 44.3 Å². The van der Waals surface area contributed by atoms with Gasteiger partial charge in [-0.05, 0) is 74.9 Å². The van der Waals surface area contributed by atoms with E-state index in [-0.39, 0.29) is 17.2 Å². The van der Waals surface area contributed by atoms with Crippen LogP contribution in [0.25, 0.3) is 0 Å². The predicted molar refractivity (Wildman–Crippen MR) is 156 cm³/mol. The van der Waals surface area contributed by atoms with Crippen LogP contribution in [0.15, 0.2) is 48.5 Å². The van der Waals surface area contributed by atoms with E-state index in [1.807, 2.05) is 30.3 Å². The minimum absolute atomic E-state index is 0.0745. The second-order valence-corrected chi connectivity index (χ2v) is 12.8. The molecule has 8 heteroatoms. The highest BCUT2D eigenvalue weighted by Gasteiger charge is 2.51. The third-order valence-electron chi connectivity index (χ3n) is 9.75. The number of likely N-dealkylation sites (tertiary alicyclic amines) is 2. The van der Waals surface area contributed by atoms with Gasteiger partial charge in [0.2, 0.25) is 11.8 Å². The molecule has 6 rings (SSSR count). The van der Waals surface area contributed by atoms with Gasteiger partial charge in [-0.2, -0.15) is 0 Å². The summed E-state index contributed by atoms with van der Waals surface area (Å²) < 4.78 is 0. The van der Waals surface area contributed by atoms with Gasteiger partial charge in [-0.3, -0.25) is 9.59 Å². The summed E-state index contributed by atoms with van der Waals surface area (Å²) in [5.74, 6) is 0.703. The third kappa shape index (κ3) is 5.05. The zero-order valence-electron chi connectivity index (χ0n) is 22.5. The van der Waals surface area contributed by atoms with Gasteiger partial charge in [0, 0.05) is 43.2 Å². The van der Waals surface area contributed by atoms with Crippen LogP contribution in [0.2, 0.25) is 10.0 Å². The number of amides is 2. The van der Waals surface area contributed by atoms with Crippen molar-refractivity contribution in [1.29, 1.82) is 0 Å². The van der Waals surface area contributed by atoms with Crippen molar-refractivity contribution in [1.82, 2.24) is 15.1 Å². The van der Waals surface area contributed by atoms with E-state index in [1.54, 1.807) is 0 Å². The van der Waals surface area contributed by atoms with Gasteiger partial charge in [-0.25, -0.2) is 0 Å². The minimum Gasteiger partial charge on any atom is -0.341 e. The lowest BCUT2D eigenvalue weighted by Gasteiger charge is -2.52. The molecular formula is C31H38Cl2N4O2. The Labute approximate surface area is 241 Å². The molecule has 6 nitrogen and oxygen atoms in total. The van der Waals surface area contributed by atoms with Crippen molar-refractivity contribution in [3.63, 3.8) is 0 Å².